The standard InChI is InChI=1S/C20H20N4O3/c1-13-10-21-18(9-16(13)19-22-14(2)12-27-19)23-20(25)24-7-8-26-17-6-4-3-5-15(17)11-24/h3-6,9-10,12H,7-8,11H2,1-2H3,(H,21,23,25). The number of pyridine rings is 1. The van der Waals surface area contributed by atoms with Crippen molar-refractivity contribution in [2.45, 2.75) is 20.4 Å². The molecular formula is C20H20N4O3. The van der Waals surface area contributed by atoms with Gasteiger partial charge in [-0.05, 0) is 31.5 Å². The van der Waals surface area contributed by atoms with Gasteiger partial charge in [0, 0.05) is 17.3 Å². The fourth-order valence-corrected chi connectivity index (χ4v) is 2.99. The summed E-state index contributed by atoms with van der Waals surface area (Å²) in [7, 11) is 0. The summed E-state index contributed by atoms with van der Waals surface area (Å²) in [6.45, 7) is 5.23. The van der Waals surface area contributed by atoms with E-state index in [0.29, 0.717) is 31.4 Å². The number of anilines is 1. The Labute approximate surface area is 157 Å². The lowest BCUT2D eigenvalue weighted by Crippen LogP contribution is -2.36. The van der Waals surface area contributed by atoms with E-state index in [1.807, 2.05) is 38.1 Å². The number of carbonyl (C=O) groups excluding carboxylic acids is 1. The molecule has 138 valence electrons. The van der Waals surface area contributed by atoms with E-state index in [2.05, 4.69) is 15.3 Å². The first-order valence-corrected chi connectivity index (χ1v) is 8.76. The monoisotopic (exact) mass is 364 g/mol. The molecule has 0 saturated heterocycles. The van der Waals surface area contributed by atoms with Crippen LogP contribution in [-0.4, -0.2) is 34.1 Å². The zero-order chi connectivity index (χ0) is 18.8. The van der Waals surface area contributed by atoms with Crippen molar-refractivity contribution in [3.05, 3.63) is 59.6 Å². The van der Waals surface area contributed by atoms with Crippen molar-refractivity contribution >= 4 is 11.8 Å². The number of urea groups is 1. The van der Waals surface area contributed by atoms with E-state index in [1.54, 1.807) is 23.4 Å². The Hall–Kier alpha value is -3.35. The van der Waals surface area contributed by atoms with Gasteiger partial charge < -0.3 is 14.1 Å². The molecule has 0 saturated carbocycles. The number of aromatic nitrogens is 2. The average molecular weight is 364 g/mol. The third kappa shape index (κ3) is 3.62. The van der Waals surface area contributed by atoms with Crippen LogP contribution < -0.4 is 10.1 Å². The zero-order valence-electron chi connectivity index (χ0n) is 15.2. The van der Waals surface area contributed by atoms with E-state index in [-0.39, 0.29) is 6.03 Å². The number of aryl methyl sites for hydroxylation is 2. The second kappa shape index (κ2) is 7.11. The molecule has 2 amide bonds. The molecule has 1 aliphatic heterocycles. The SMILES string of the molecule is Cc1coc(-c2cc(NC(=O)N3CCOc4ccccc4C3)ncc2C)n1. The van der Waals surface area contributed by atoms with Gasteiger partial charge >= 0.3 is 6.03 Å². The molecule has 7 heteroatoms. The summed E-state index contributed by atoms with van der Waals surface area (Å²) in [4.78, 5) is 23.1. The third-order valence-corrected chi connectivity index (χ3v) is 4.43. The molecule has 1 N–H and O–H groups in total. The number of benzene rings is 1. The summed E-state index contributed by atoms with van der Waals surface area (Å²) in [6.07, 6.45) is 3.30. The van der Waals surface area contributed by atoms with Gasteiger partial charge in [0.1, 0.15) is 24.4 Å². The average Bonchev–Trinajstić information content (AvgIpc) is 2.97. The number of nitrogens with one attached hydrogen (secondary N) is 1. The van der Waals surface area contributed by atoms with Crippen LogP contribution in [0.3, 0.4) is 0 Å². The van der Waals surface area contributed by atoms with Gasteiger partial charge in [0.05, 0.1) is 18.8 Å². The van der Waals surface area contributed by atoms with Crippen molar-refractivity contribution in [1.82, 2.24) is 14.9 Å². The van der Waals surface area contributed by atoms with Crippen molar-refractivity contribution < 1.29 is 13.9 Å². The lowest BCUT2D eigenvalue weighted by Gasteiger charge is -2.20. The van der Waals surface area contributed by atoms with Crippen LogP contribution >= 0.6 is 0 Å². The molecule has 2 aromatic heterocycles. The normalized spacial score (nSPS) is 13.5. The molecule has 1 aliphatic rings. The molecule has 4 rings (SSSR count). The molecule has 1 aromatic carbocycles. The largest absolute Gasteiger partial charge is 0.491 e. The Kier molecular flexibility index (Phi) is 4.50. The van der Waals surface area contributed by atoms with Crippen molar-refractivity contribution in [3.63, 3.8) is 0 Å². The number of para-hydroxylation sites is 1. The van der Waals surface area contributed by atoms with Crippen LogP contribution in [0.2, 0.25) is 0 Å². The topological polar surface area (TPSA) is 80.5 Å². The fraction of sp³-hybridized carbons (Fsp3) is 0.250. The second-order valence-corrected chi connectivity index (χ2v) is 6.49. The van der Waals surface area contributed by atoms with Crippen molar-refractivity contribution in [2.75, 3.05) is 18.5 Å². The van der Waals surface area contributed by atoms with Crippen LogP contribution in [0, 0.1) is 13.8 Å². The van der Waals surface area contributed by atoms with Crippen LogP contribution in [0.25, 0.3) is 11.5 Å². The molecule has 0 spiro atoms. The summed E-state index contributed by atoms with van der Waals surface area (Å²) >= 11 is 0. The molecule has 7 nitrogen and oxygen atoms in total. The number of nitrogens with zero attached hydrogens (tertiary/aromatic N) is 3. The molecule has 0 atom stereocenters. The van der Waals surface area contributed by atoms with Gasteiger partial charge in [-0.3, -0.25) is 5.32 Å². The van der Waals surface area contributed by atoms with Gasteiger partial charge in [-0.15, -0.1) is 0 Å². The Balaban J connectivity index is 1.53. The van der Waals surface area contributed by atoms with Crippen LogP contribution in [0.1, 0.15) is 16.8 Å². The van der Waals surface area contributed by atoms with Crippen molar-refractivity contribution in [1.29, 1.82) is 0 Å². The van der Waals surface area contributed by atoms with Crippen LogP contribution in [0.4, 0.5) is 10.6 Å². The van der Waals surface area contributed by atoms with E-state index in [4.69, 9.17) is 9.15 Å². The smallest absolute Gasteiger partial charge is 0.323 e. The summed E-state index contributed by atoms with van der Waals surface area (Å²) < 4.78 is 11.2. The van der Waals surface area contributed by atoms with E-state index >= 15 is 0 Å². The van der Waals surface area contributed by atoms with E-state index in [1.165, 1.54) is 0 Å². The molecule has 27 heavy (non-hydrogen) atoms. The van der Waals surface area contributed by atoms with Crippen LogP contribution in [0.5, 0.6) is 5.75 Å². The molecule has 0 unspecified atom stereocenters. The van der Waals surface area contributed by atoms with E-state index in [0.717, 1.165) is 28.1 Å². The minimum Gasteiger partial charge on any atom is -0.491 e. The maximum atomic E-state index is 12.7. The molecule has 0 bridgehead atoms. The maximum absolute atomic E-state index is 12.7. The lowest BCUT2D eigenvalue weighted by atomic mass is 10.1. The summed E-state index contributed by atoms with van der Waals surface area (Å²) in [6, 6.07) is 9.31. The Morgan fingerprint density at radius 2 is 2.11 bits per heavy atom. The van der Waals surface area contributed by atoms with E-state index in [9.17, 15) is 4.79 Å². The Morgan fingerprint density at radius 1 is 1.26 bits per heavy atom. The highest BCUT2D eigenvalue weighted by Gasteiger charge is 2.20. The number of amides is 2. The maximum Gasteiger partial charge on any atom is 0.323 e. The highest BCUT2D eigenvalue weighted by atomic mass is 16.5. The molecule has 0 aliphatic carbocycles. The highest BCUT2D eigenvalue weighted by Crippen LogP contribution is 2.26. The van der Waals surface area contributed by atoms with Gasteiger partial charge in [0.25, 0.3) is 0 Å². The third-order valence-electron chi connectivity index (χ3n) is 4.43. The number of hydrogen-bond donors (Lipinski definition) is 1. The summed E-state index contributed by atoms with van der Waals surface area (Å²) in [5, 5.41) is 2.87. The highest BCUT2D eigenvalue weighted by molar-refractivity contribution is 5.89. The predicted molar refractivity (Wildman–Crippen MR) is 101 cm³/mol. The van der Waals surface area contributed by atoms with E-state index < -0.39 is 0 Å². The first-order valence-electron chi connectivity index (χ1n) is 8.76. The number of ether oxygens (including phenoxy) is 1. The van der Waals surface area contributed by atoms with Crippen molar-refractivity contribution in [2.24, 2.45) is 0 Å². The fourth-order valence-electron chi connectivity index (χ4n) is 2.99. The molecule has 0 fully saturated rings. The van der Waals surface area contributed by atoms with Gasteiger partial charge in [-0.1, -0.05) is 18.2 Å². The molecule has 3 aromatic rings. The Bertz CT molecular complexity index is 983. The van der Waals surface area contributed by atoms with Gasteiger partial charge in [-0.25, -0.2) is 14.8 Å². The second-order valence-electron chi connectivity index (χ2n) is 6.49. The number of hydrogen-bond acceptors (Lipinski definition) is 5. The minimum atomic E-state index is -0.221. The number of fused-ring (bicyclic) bond motifs is 1. The van der Waals surface area contributed by atoms with Gasteiger partial charge in [-0.2, -0.15) is 0 Å². The first kappa shape index (κ1) is 17.1. The summed E-state index contributed by atoms with van der Waals surface area (Å²) in [5.74, 6) is 1.79. The van der Waals surface area contributed by atoms with Crippen LogP contribution in [0.15, 0.2) is 47.2 Å². The zero-order valence-corrected chi connectivity index (χ0v) is 15.2. The van der Waals surface area contributed by atoms with Crippen LogP contribution in [-0.2, 0) is 6.54 Å². The molecule has 3 heterocycles. The number of rotatable bonds is 2. The molecular weight excluding hydrogens is 344 g/mol. The number of oxazole rings is 1. The lowest BCUT2D eigenvalue weighted by molar-refractivity contribution is 0.200. The number of carbonyl (C=O) groups is 1. The summed E-state index contributed by atoms with van der Waals surface area (Å²) in [5.41, 5.74) is 3.51. The molecule has 0 radical (unpaired) electrons. The van der Waals surface area contributed by atoms with Gasteiger partial charge in [0.2, 0.25) is 5.89 Å². The minimum absolute atomic E-state index is 0.221. The quantitative estimate of drug-likeness (QED) is 0.748. The van der Waals surface area contributed by atoms with Gasteiger partial charge in [0.15, 0.2) is 0 Å². The first-order chi connectivity index (χ1) is 13.1. The van der Waals surface area contributed by atoms with Crippen molar-refractivity contribution in [3.8, 4) is 17.2 Å². The predicted octanol–water partition coefficient (Wildman–Crippen LogP) is 3.78. The Morgan fingerprint density at radius 3 is 2.93 bits per heavy atom.